The minimum Gasteiger partial charge on any atom is -0.445 e. The predicted molar refractivity (Wildman–Crippen MR) is 77.4 cm³/mol. The van der Waals surface area contributed by atoms with Crippen LogP contribution in [0.15, 0.2) is 30.3 Å². The van der Waals surface area contributed by atoms with Gasteiger partial charge in [0.2, 0.25) is 0 Å². The summed E-state index contributed by atoms with van der Waals surface area (Å²) in [4.78, 5) is 13.9. The van der Waals surface area contributed by atoms with E-state index in [1.165, 1.54) is 6.42 Å². The van der Waals surface area contributed by atoms with Gasteiger partial charge in [-0.15, -0.1) is 0 Å². The molecule has 0 bridgehead atoms. The summed E-state index contributed by atoms with van der Waals surface area (Å²) in [5.74, 6) is 0. The smallest absolute Gasteiger partial charge is 0.410 e. The summed E-state index contributed by atoms with van der Waals surface area (Å²) in [6.45, 7) is 4.26. The third-order valence-electron chi connectivity index (χ3n) is 4.62. The second-order valence-electron chi connectivity index (χ2n) is 5.95. The van der Waals surface area contributed by atoms with E-state index in [4.69, 9.17) is 4.74 Å². The number of amides is 1. The first-order valence-electron chi connectivity index (χ1n) is 7.44. The maximum Gasteiger partial charge on any atom is 0.410 e. The maximum absolute atomic E-state index is 12.1. The number of piperidine rings is 1. The van der Waals surface area contributed by atoms with Gasteiger partial charge in [-0.25, -0.2) is 4.79 Å². The van der Waals surface area contributed by atoms with Crippen molar-refractivity contribution in [2.75, 3.05) is 26.2 Å². The Hall–Kier alpha value is -1.55. The fourth-order valence-electron chi connectivity index (χ4n) is 3.20. The number of rotatable bonds is 2. The molecular formula is C16H22N2O2. The van der Waals surface area contributed by atoms with Gasteiger partial charge in [0.25, 0.3) is 0 Å². The summed E-state index contributed by atoms with van der Waals surface area (Å²) in [5.41, 5.74) is 1.48. The van der Waals surface area contributed by atoms with Gasteiger partial charge in [-0.3, -0.25) is 0 Å². The molecule has 0 aliphatic carbocycles. The van der Waals surface area contributed by atoms with Crippen LogP contribution in [-0.4, -0.2) is 37.2 Å². The molecule has 4 nitrogen and oxygen atoms in total. The first kappa shape index (κ1) is 13.4. The summed E-state index contributed by atoms with van der Waals surface area (Å²) in [5, 5.41) is 3.44. The van der Waals surface area contributed by atoms with Gasteiger partial charge in [-0.2, -0.15) is 0 Å². The lowest BCUT2D eigenvalue weighted by atomic mass is 9.78. The number of ether oxygens (including phenoxy) is 1. The van der Waals surface area contributed by atoms with E-state index in [2.05, 4.69) is 5.32 Å². The van der Waals surface area contributed by atoms with E-state index < -0.39 is 0 Å². The van der Waals surface area contributed by atoms with Gasteiger partial charge in [0, 0.05) is 19.6 Å². The maximum atomic E-state index is 12.1. The molecule has 0 atom stereocenters. The molecule has 0 unspecified atom stereocenters. The third kappa shape index (κ3) is 2.96. The number of hydrogen-bond donors (Lipinski definition) is 1. The largest absolute Gasteiger partial charge is 0.445 e. The van der Waals surface area contributed by atoms with Crippen molar-refractivity contribution < 1.29 is 9.53 Å². The molecule has 2 saturated heterocycles. The second kappa shape index (κ2) is 5.83. The molecular weight excluding hydrogens is 252 g/mol. The highest BCUT2D eigenvalue weighted by molar-refractivity contribution is 5.67. The first-order chi connectivity index (χ1) is 9.77. The Kier molecular flexibility index (Phi) is 3.92. The zero-order chi connectivity index (χ0) is 13.8. The molecule has 1 aromatic rings. The number of nitrogens with one attached hydrogen (secondary N) is 1. The molecule has 0 aromatic heterocycles. The van der Waals surface area contributed by atoms with E-state index in [0.29, 0.717) is 12.0 Å². The minimum absolute atomic E-state index is 0.172. The van der Waals surface area contributed by atoms with Crippen LogP contribution in [0.5, 0.6) is 0 Å². The van der Waals surface area contributed by atoms with Crippen molar-refractivity contribution in [3.05, 3.63) is 35.9 Å². The fourth-order valence-corrected chi connectivity index (χ4v) is 3.20. The van der Waals surface area contributed by atoms with Crippen LogP contribution in [0.2, 0.25) is 0 Å². The molecule has 2 aliphatic heterocycles. The Morgan fingerprint density at radius 1 is 1.20 bits per heavy atom. The van der Waals surface area contributed by atoms with Crippen LogP contribution < -0.4 is 5.32 Å². The van der Waals surface area contributed by atoms with E-state index >= 15 is 0 Å². The van der Waals surface area contributed by atoms with Gasteiger partial charge in [0.15, 0.2) is 0 Å². The van der Waals surface area contributed by atoms with E-state index in [1.54, 1.807) is 0 Å². The van der Waals surface area contributed by atoms with E-state index in [9.17, 15) is 4.79 Å². The van der Waals surface area contributed by atoms with Gasteiger partial charge in [-0.1, -0.05) is 30.3 Å². The van der Waals surface area contributed by atoms with Crippen molar-refractivity contribution in [3.63, 3.8) is 0 Å². The molecule has 1 amide bonds. The Labute approximate surface area is 120 Å². The van der Waals surface area contributed by atoms with Crippen LogP contribution in [-0.2, 0) is 11.3 Å². The van der Waals surface area contributed by atoms with Crippen LogP contribution in [0, 0.1) is 5.41 Å². The lowest BCUT2D eigenvalue weighted by molar-refractivity contribution is 0.0664. The molecule has 0 saturated carbocycles. The molecule has 0 radical (unpaired) electrons. The lowest BCUT2D eigenvalue weighted by Gasteiger charge is -2.38. The average Bonchev–Trinajstić information content (AvgIpc) is 2.95. The monoisotopic (exact) mass is 274 g/mol. The third-order valence-corrected chi connectivity index (χ3v) is 4.62. The molecule has 20 heavy (non-hydrogen) atoms. The zero-order valence-corrected chi connectivity index (χ0v) is 11.8. The molecule has 3 rings (SSSR count). The van der Waals surface area contributed by atoms with Crippen molar-refractivity contribution in [1.29, 1.82) is 0 Å². The zero-order valence-electron chi connectivity index (χ0n) is 11.8. The number of carbonyl (C=O) groups is 1. The van der Waals surface area contributed by atoms with Crippen molar-refractivity contribution in [3.8, 4) is 0 Å². The highest BCUT2D eigenvalue weighted by Crippen LogP contribution is 2.36. The molecule has 2 fully saturated rings. The van der Waals surface area contributed by atoms with Crippen LogP contribution in [0.4, 0.5) is 4.79 Å². The van der Waals surface area contributed by atoms with Crippen molar-refractivity contribution in [1.82, 2.24) is 10.2 Å². The molecule has 1 N–H and O–H groups in total. The van der Waals surface area contributed by atoms with Gasteiger partial charge in [0.05, 0.1) is 0 Å². The minimum atomic E-state index is -0.172. The van der Waals surface area contributed by atoms with Crippen molar-refractivity contribution in [2.24, 2.45) is 5.41 Å². The Morgan fingerprint density at radius 3 is 2.60 bits per heavy atom. The van der Waals surface area contributed by atoms with E-state index in [-0.39, 0.29) is 6.09 Å². The van der Waals surface area contributed by atoms with Gasteiger partial charge in [-0.05, 0) is 36.8 Å². The van der Waals surface area contributed by atoms with E-state index in [1.807, 2.05) is 35.2 Å². The van der Waals surface area contributed by atoms with Crippen molar-refractivity contribution in [2.45, 2.75) is 25.9 Å². The normalized spacial score (nSPS) is 21.1. The molecule has 1 spiro atoms. The highest BCUT2D eigenvalue weighted by Gasteiger charge is 2.38. The quantitative estimate of drug-likeness (QED) is 0.900. The summed E-state index contributed by atoms with van der Waals surface area (Å²) in [6, 6.07) is 9.83. The number of benzene rings is 1. The number of likely N-dealkylation sites (tertiary alicyclic amines) is 1. The van der Waals surface area contributed by atoms with Crippen LogP contribution >= 0.6 is 0 Å². The summed E-state index contributed by atoms with van der Waals surface area (Å²) >= 11 is 0. The number of nitrogens with zero attached hydrogens (tertiary/aromatic N) is 1. The molecule has 2 aliphatic rings. The summed E-state index contributed by atoms with van der Waals surface area (Å²) in [7, 11) is 0. The van der Waals surface area contributed by atoms with Crippen molar-refractivity contribution >= 4 is 6.09 Å². The fraction of sp³-hybridized carbons (Fsp3) is 0.562. The number of hydrogen-bond acceptors (Lipinski definition) is 3. The SMILES string of the molecule is O=C(OCc1ccccc1)N1CCC2(CCNC2)CC1. The number of carbonyl (C=O) groups excluding carboxylic acids is 1. The van der Waals surface area contributed by atoms with Crippen LogP contribution in [0.25, 0.3) is 0 Å². The average molecular weight is 274 g/mol. The summed E-state index contributed by atoms with van der Waals surface area (Å²) in [6.07, 6.45) is 3.27. The molecule has 4 heteroatoms. The standard InChI is InChI=1S/C16H22N2O2/c19-15(20-12-14-4-2-1-3-5-14)18-10-7-16(8-11-18)6-9-17-13-16/h1-5,17H,6-13H2. The Morgan fingerprint density at radius 2 is 1.95 bits per heavy atom. The molecule has 1 aromatic carbocycles. The topological polar surface area (TPSA) is 41.6 Å². The predicted octanol–water partition coefficient (Wildman–Crippen LogP) is 2.40. The van der Waals surface area contributed by atoms with Gasteiger partial charge in [0.1, 0.15) is 6.61 Å². The first-order valence-corrected chi connectivity index (χ1v) is 7.44. The molecule has 2 heterocycles. The summed E-state index contributed by atoms with van der Waals surface area (Å²) < 4.78 is 5.39. The molecule has 108 valence electrons. The van der Waals surface area contributed by atoms with Crippen LogP contribution in [0.1, 0.15) is 24.8 Å². The van der Waals surface area contributed by atoms with Gasteiger partial charge >= 0.3 is 6.09 Å². The lowest BCUT2D eigenvalue weighted by Crippen LogP contribution is -2.44. The highest BCUT2D eigenvalue weighted by atomic mass is 16.6. The second-order valence-corrected chi connectivity index (χ2v) is 5.95. The Balaban J connectivity index is 1.47. The van der Waals surface area contributed by atoms with Gasteiger partial charge < -0.3 is 15.0 Å². The van der Waals surface area contributed by atoms with E-state index in [0.717, 1.165) is 44.6 Å². The van der Waals surface area contributed by atoms with Crippen LogP contribution in [0.3, 0.4) is 0 Å². The Bertz CT molecular complexity index is 445.